The Morgan fingerprint density at radius 2 is 2.08 bits per heavy atom. The van der Waals surface area contributed by atoms with Crippen molar-refractivity contribution in [3.05, 3.63) is 59.1 Å². The number of aromatic nitrogens is 5. The maximum Gasteiger partial charge on any atom is 0.353 e. The first-order chi connectivity index (χ1) is 12.6. The van der Waals surface area contributed by atoms with Gasteiger partial charge in [0.25, 0.3) is 0 Å². The molecule has 3 aromatic rings. The summed E-state index contributed by atoms with van der Waals surface area (Å²) in [5.41, 5.74) is 0.774. The second-order valence-electron chi connectivity index (χ2n) is 5.60. The van der Waals surface area contributed by atoms with Crippen molar-refractivity contribution in [3.8, 4) is 0 Å². The highest BCUT2D eigenvalue weighted by Crippen LogP contribution is 2.30. The van der Waals surface area contributed by atoms with Gasteiger partial charge >= 0.3 is 5.69 Å². The Kier molecular flexibility index (Phi) is 5.32. The summed E-state index contributed by atoms with van der Waals surface area (Å²) in [5.74, 6) is 0.754. The van der Waals surface area contributed by atoms with E-state index in [1.807, 2.05) is 23.8 Å². The van der Waals surface area contributed by atoms with Crippen LogP contribution in [0, 0.1) is 17.0 Å². The van der Waals surface area contributed by atoms with Gasteiger partial charge in [-0.3, -0.25) is 10.1 Å². The lowest BCUT2D eigenvalue weighted by Gasteiger charge is -2.10. The molecule has 0 bridgehead atoms. The highest BCUT2D eigenvalue weighted by molar-refractivity contribution is 5.72. The highest BCUT2D eigenvalue weighted by Gasteiger charge is 2.23. The molecule has 0 aliphatic carbocycles. The molecule has 10 heteroatoms. The van der Waals surface area contributed by atoms with Crippen molar-refractivity contribution < 1.29 is 4.92 Å². The second kappa shape index (κ2) is 8.01. The zero-order chi connectivity index (χ0) is 18.4. The van der Waals surface area contributed by atoms with Crippen molar-refractivity contribution in [2.75, 3.05) is 17.2 Å². The third-order valence-corrected chi connectivity index (χ3v) is 3.61. The van der Waals surface area contributed by atoms with Crippen molar-refractivity contribution in [1.29, 1.82) is 0 Å². The number of imidazole rings is 1. The molecule has 3 heterocycles. The van der Waals surface area contributed by atoms with Crippen LogP contribution in [0.1, 0.15) is 12.0 Å². The molecular formula is C16H18N8O2. The molecule has 0 aromatic carbocycles. The Balaban J connectivity index is 1.72. The summed E-state index contributed by atoms with van der Waals surface area (Å²) < 4.78 is 1.94. The third kappa shape index (κ3) is 4.29. The van der Waals surface area contributed by atoms with Crippen LogP contribution in [-0.2, 0) is 6.54 Å². The van der Waals surface area contributed by atoms with Crippen LogP contribution in [0.2, 0.25) is 0 Å². The fourth-order valence-corrected chi connectivity index (χ4v) is 2.39. The van der Waals surface area contributed by atoms with E-state index in [9.17, 15) is 10.1 Å². The lowest BCUT2D eigenvalue weighted by atomic mass is 10.3. The number of nitrogens with zero attached hydrogens (tertiary/aromatic N) is 6. The van der Waals surface area contributed by atoms with Crippen molar-refractivity contribution >= 4 is 23.1 Å². The quantitative estimate of drug-likeness (QED) is 0.359. The first-order valence-electron chi connectivity index (χ1n) is 8.02. The van der Waals surface area contributed by atoms with Gasteiger partial charge in [-0.2, -0.15) is 0 Å². The van der Waals surface area contributed by atoms with Gasteiger partial charge in [0.2, 0.25) is 11.6 Å². The van der Waals surface area contributed by atoms with Crippen LogP contribution in [-0.4, -0.2) is 36.0 Å². The Labute approximate surface area is 149 Å². The van der Waals surface area contributed by atoms with Crippen LogP contribution in [0.4, 0.5) is 23.1 Å². The fourth-order valence-electron chi connectivity index (χ4n) is 2.39. The molecule has 0 unspecified atom stereocenters. The summed E-state index contributed by atoms with van der Waals surface area (Å²) in [6.45, 7) is 3.19. The minimum atomic E-state index is -0.504. The van der Waals surface area contributed by atoms with Crippen LogP contribution >= 0.6 is 0 Å². The number of nitrogens with one attached hydrogen (secondary N) is 2. The standard InChI is InChI=1S/C16H18N8O2/c1-12-3-5-18-13(9-12)22-16-14(24(25)26)15(20-10-21-16)19-4-2-7-23-8-6-17-11-23/h3,5-6,8-11H,2,4,7H2,1H3,(H2,18,19,20,21,22). The molecule has 0 atom stereocenters. The average molecular weight is 354 g/mol. The summed E-state index contributed by atoms with van der Waals surface area (Å²) in [4.78, 5) is 27.2. The lowest BCUT2D eigenvalue weighted by Crippen LogP contribution is -2.11. The fraction of sp³-hybridized carbons (Fsp3) is 0.250. The van der Waals surface area contributed by atoms with E-state index in [1.165, 1.54) is 6.33 Å². The highest BCUT2D eigenvalue weighted by atomic mass is 16.6. The van der Waals surface area contributed by atoms with Gasteiger partial charge in [-0.25, -0.2) is 19.9 Å². The zero-order valence-corrected chi connectivity index (χ0v) is 14.2. The van der Waals surface area contributed by atoms with Gasteiger partial charge in [-0.05, 0) is 31.0 Å². The largest absolute Gasteiger partial charge is 0.364 e. The summed E-state index contributed by atoms with van der Waals surface area (Å²) in [5, 5.41) is 17.4. The molecule has 0 aliphatic heterocycles. The summed E-state index contributed by atoms with van der Waals surface area (Å²) in [6, 6.07) is 3.62. The molecule has 0 fully saturated rings. The number of nitro groups is 1. The SMILES string of the molecule is Cc1ccnc(Nc2ncnc(NCCCn3ccnc3)c2[N+](=O)[O-])c1. The predicted molar refractivity (Wildman–Crippen MR) is 96.3 cm³/mol. The molecule has 0 radical (unpaired) electrons. The number of rotatable bonds is 8. The summed E-state index contributed by atoms with van der Waals surface area (Å²) in [7, 11) is 0. The molecule has 0 spiro atoms. The van der Waals surface area contributed by atoms with Crippen LogP contribution in [0.3, 0.4) is 0 Å². The van der Waals surface area contributed by atoms with E-state index >= 15 is 0 Å². The van der Waals surface area contributed by atoms with Gasteiger partial charge < -0.3 is 15.2 Å². The number of hydrogen-bond donors (Lipinski definition) is 2. The van der Waals surface area contributed by atoms with Gasteiger partial charge in [0, 0.05) is 31.7 Å². The van der Waals surface area contributed by atoms with E-state index < -0.39 is 4.92 Å². The Hall–Kier alpha value is -3.56. The molecule has 3 rings (SSSR count). The molecule has 0 aliphatic rings. The van der Waals surface area contributed by atoms with Gasteiger partial charge in [0.05, 0.1) is 11.3 Å². The molecule has 3 aromatic heterocycles. The maximum absolute atomic E-state index is 11.5. The van der Waals surface area contributed by atoms with Crippen LogP contribution in [0.25, 0.3) is 0 Å². The summed E-state index contributed by atoms with van der Waals surface area (Å²) >= 11 is 0. The molecule has 0 saturated heterocycles. The number of hydrogen-bond acceptors (Lipinski definition) is 8. The molecule has 0 amide bonds. The van der Waals surface area contributed by atoms with E-state index in [1.54, 1.807) is 24.8 Å². The van der Waals surface area contributed by atoms with Gasteiger partial charge in [-0.1, -0.05) is 0 Å². The van der Waals surface area contributed by atoms with E-state index in [0.29, 0.717) is 12.4 Å². The lowest BCUT2D eigenvalue weighted by molar-refractivity contribution is -0.383. The van der Waals surface area contributed by atoms with Gasteiger partial charge in [0.15, 0.2) is 0 Å². The van der Waals surface area contributed by atoms with Crippen molar-refractivity contribution in [1.82, 2.24) is 24.5 Å². The number of anilines is 3. The zero-order valence-electron chi connectivity index (χ0n) is 14.2. The van der Waals surface area contributed by atoms with Crippen molar-refractivity contribution in [2.24, 2.45) is 0 Å². The minimum absolute atomic E-state index is 0.0974. The Morgan fingerprint density at radius 1 is 1.23 bits per heavy atom. The number of aryl methyl sites for hydroxylation is 2. The minimum Gasteiger partial charge on any atom is -0.364 e. The topological polar surface area (TPSA) is 124 Å². The smallest absolute Gasteiger partial charge is 0.353 e. The van der Waals surface area contributed by atoms with E-state index in [4.69, 9.17) is 0 Å². The first kappa shape index (κ1) is 17.3. The number of pyridine rings is 1. The molecule has 0 saturated carbocycles. The van der Waals surface area contributed by atoms with Crippen molar-refractivity contribution in [2.45, 2.75) is 19.9 Å². The van der Waals surface area contributed by atoms with Gasteiger partial charge in [0.1, 0.15) is 12.1 Å². The molecule has 26 heavy (non-hydrogen) atoms. The molecule has 2 N–H and O–H groups in total. The van der Waals surface area contributed by atoms with Gasteiger partial charge in [-0.15, -0.1) is 0 Å². The van der Waals surface area contributed by atoms with Crippen molar-refractivity contribution in [3.63, 3.8) is 0 Å². The first-order valence-corrected chi connectivity index (χ1v) is 8.02. The summed E-state index contributed by atoms with van der Waals surface area (Å²) in [6.07, 6.45) is 8.97. The predicted octanol–water partition coefficient (Wildman–Crippen LogP) is 2.53. The van der Waals surface area contributed by atoms with E-state index in [2.05, 4.69) is 30.6 Å². The Morgan fingerprint density at radius 3 is 2.81 bits per heavy atom. The maximum atomic E-state index is 11.5. The molecular weight excluding hydrogens is 336 g/mol. The van der Waals surface area contributed by atoms with Crippen LogP contribution in [0.15, 0.2) is 43.4 Å². The molecule has 134 valence electrons. The van der Waals surface area contributed by atoms with E-state index in [-0.39, 0.29) is 17.3 Å². The normalized spacial score (nSPS) is 10.5. The van der Waals surface area contributed by atoms with E-state index in [0.717, 1.165) is 18.5 Å². The van der Waals surface area contributed by atoms with Crippen LogP contribution < -0.4 is 10.6 Å². The molecule has 10 nitrogen and oxygen atoms in total. The monoisotopic (exact) mass is 354 g/mol. The Bertz CT molecular complexity index is 882. The van der Waals surface area contributed by atoms with Crippen LogP contribution in [0.5, 0.6) is 0 Å². The second-order valence-corrected chi connectivity index (χ2v) is 5.60. The average Bonchev–Trinajstić information content (AvgIpc) is 3.12. The third-order valence-electron chi connectivity index (χ3n) is 3.61.